The molecule has 0 spiro atoms. The first-order chi connectivity index (χ1) is 1.91. The Morgan fingerprint density at radius 1 is 1.80 bits per heavy atom. The van der Waals surface area contributed by atoms with E-state index in [1.54, 1.807) is 0 Å². The molecule has 0 amide bonds. The van der Waals surface area contributed by atoms with E-state index in [1.807, 2.05) is 6.08 Å². The molecule has 0 nitrogen and oxygen atoms in total. The predicted molar refractivity (Wildman–Crippen MR) is 26.2 cm³/mol. The molecular weight excluding hydrogens is 75.0 g/mol. The third-order valence-corrected chi connectivity index (χ3v) is 0.289. The molecule has 0 saturated heterocycles. The monoisotopic (exact) mass is 83.0 g/mol. The number of rotatable bonds is 1. The second-order valence-electron chi connectivity index (χ2n) is 0.697. The van der Waals surface area contributed by atoms with E-state index in [1.165, 1.54) is 0 Å². The van der Waals surface area contributed by atoms with Crippen molar-refractivity contribution in [2.45, 2.75) is 13.3 Å². The second-order valence-corrected chi connectivity index (χ2v) is 0.697. The van der Waals surface area contributed by atoms with E-state index in [4.69, 9.17) is 0 Å². The van der Waals surface area contributed by atoms with E-state index >= 15 is 0 Å². The molecule has 0 aliphatic rings. The molecule has 0 aromatic carbocycles. The summed E-state index contributed by atoms with van der Waals surface area (Å²) in [6.07, 6.45) is 2.96. The molecule has 0 unspecified atom stereocenters. The Labute approximate surface area is 44.0 Å². The van der Waals surface area contributed by atoms with Crippen LogP contribution in [0.5, 0.6) is 0 Å². The molecule has 3 radical (unpaired) electrons. The highest BCUT2D eigenvalue weighted by Crippen LogP contribution is 1.66. The lowest BCUT2D eigenvalue weighted by Crippen LogP contribution is -1.36. The van der Waals surface area contributed by atoms with Gasteiger partial charge >= 0.3 is 0 Å². The molecule has 0 heterocycles. The van der Waals surface area contributed by atoms with Crippen LogP contribution in [0.3, 0.4) is 0 Å². The summed E-state index contributed by atoms with van der Waals surface area (Å²) in [7, 11) is 0. The molecule has 0 aromatic rings. The Bertz CT molecular complexity index is 17.6. The SMILES string of the molecule is C=CCC.[Al]. The van der Waals surface area contributed by atoms with Crippen molar-refractivity contribution in [3.05, 3.63) is 12.7 Å². The van der Waals surface area contributed by atoms with Crippen LogP contribution in [0.2, 0.25) is 0 Å². The van der Waals surface area contributed by atoms with Crippen molar-refractivity contribution in [1.82, 2.24) is 0 Å². The zero-order valence-corrected chi connectivity index (χ0v) is 4.72. The molecular formula is C4H8Al. The predicted octanol–water partition coefficient (Wildman–Crippen LogP) is 1.20. The van der Waals surface area contributed by atoms with Crippen molar-refractivity contribution in [3.63, 3.8) is 0 Å². The van der Waals surface area contributed by atoms with Crippen LogP contribution >= 0.6 is 0 Å². The highest BCUT2D eigenvalue weighted by molar-refractivity contribution is 5.75. The lowest BCUT2D eigenvalue weighted by molar-refractivity contribution is 1.23. The summed E-state index contributed by atoms with van der Waals surface area (Å²) in [6, 6.07) is 0. The Hall–Kier alpha value is 0.272. The zero-order valence-electron chi connectivity index (χ0n) is 3.57. The fourth-order valence-electron chi connectivity index (χ4n) is 0. The Balaban J connectivity index is 0. The van der Waals surface area contributed by atoms with Crippen LogP contribution in [0.15, 0.2) is 12.7 Å². The minimum Gasteiger partial charge on any atom is -0.103 e. The number of hydrogen-bond donors (Lipinski definition) is 0. The fourth-order valence-corrected chi connectivity index (χ4v) is 0. The Morgan fingerprint density at radius 2 is 2.00 bits per heavy atom. The quantitative estimate of drug-likeness (QED) is 0.330. The van der Waals surface area contributed by atoms with Crippen molar-refractivity contribution in [3.8, 4) is 0 Å². The fraction of sp³-hybridized carbons (Fsp3) is 0.500. The summed E-state index contributed by atoms with van der Waals surface area (Å²) < 4.78 is 0. The third kappa shape index (κ3) is 13.6. The van der Waals surface area contributed by atoms with Gasteiger partial charge in [-0.2, -0.15) is 0 Å². The van der Waals surface area contributed by atoms with E-state index < -0.39 is 0 Å². The molecule has 0 bridgehead atoms. The van der Waals surface area contributed by atoms with Crippen LogP contribution in [0.1, 0.15) is 13.3 Å². The topological polar surface area (TPSA) is 0 Å². The third-order valence-electron chi connectivity index (χ3n) is 0.289. The van der Waals surface area contributed by atoms with Gasteiger partial charge in [0.15, 0.2) is 0 Å². The number of allylic oxidation sites excluding steroid dienone is 1. The van der Waals surface area contributed by atoms with Crippen molar-refractivity contribution in [2.24, 2.45) is 0 Å². The van der Waals surface area contributed by atoms with Gasteiger partial charge in [0.1, 0.15) is 0 Å². The van der Waals surface area contributed by atoms with E-state index in [9.17, 15) is 0 Å². The first-order valence-electron chi connectivity index (χ1n) is 1.52. The minimum atomic E-state index is 0. The van der Waals surface area contributed by atoms with Gasteiger partial charge in [-0.1, -0.05) is 13.0 Å². The van der Waals surface area contributed by atoms with Crippen LogP contribution in [0, 0.1) is 0 Å². The maximum atomic E-state index is 3.48. The molecule has 0 saturated carbocycles. The van der Waals surface area contributed by atoms with E-state index in [-0.39, 0.29) is 17.4 Å². The molecule has 0 aromatic heterocycles. The smallest absolute Gasteiger partial charge is 0 e. The Kier molecular flexibility index (Phi) is 15.9. The van der Waals surface area contributed by atoms with Gasteiger partial charge < -0.3 is 0 Å². The second kappa shape index (κ2) is 8.86. The highest BCUT2D eigenvalue weighted by atomic mass is 27.0. The van der Waals surface area contributed by atoms with E-state index in [0.717, 1.165) is 6.42 Å². The lowest BCUT2D eigenvalue weighted by Gasteiger charge is -1.57. The zero-order chi connectivity index (χ0) is 3.41. The van der Waals surface area contributed by atoms with Gasteiger partial charge in [0.25, 0.3) is 0 Å². The first kappa shape index (κ1) is 8.99. The van der Waals surface area contributed by atoms with Gasteiger partial charge in [-0.25, -0.2) is 0 Å². The van der Waals surface area contributed by atoms with Gasteiger partial charge in [-0.3, -0.25) is 0 Å². The summed E-state index contributed by atoms with van der Waals surface area (Å²) in [5.41, 5.74) is 0. The van der Waals surface area contributed by atoms with Crippen LogP contribution in [0.25, 0.3) is 0 Å². The van der Waals surface area contributed by atoms with Crippen molar-refractivity contribution in [1.29, 1.82) is 0 Å². The highest BCUT2D eigenvalue weighted by Gasteiger charge is 1.45. The molecule has 0 N–H and O–H groups in total. The van der Waals surface area contributed by atoms with Crippen LogP contribution in [-0.4, -0.2) is 17.4 Å². The van der Waals surface area contributed by atoms with Crippen molar-refractivity contribution in [2.75, 3.05) is 0 Å². The maximum Gasteiger partial charge on any atom is 0 e. The summed E-state index contributed by atoms with van der Waals surface area (Å²) in [5.74, 6) is 0. The van der Waals surface area contributed by atoms with Crippen molar-refractivity contribution < 1.29 is 0 Å². The average molecular weight is 83.1 g/mol. The summed E-state index contributed by atoms with van der Waals surface area (Å²) in [4.78, 5) is 0. The molecule has 0 atom stereocenters. The van der Waals surface area contributed by atoms with Gasteiger partial charge in [0, 0.05) is 17.4 Å². The maximum absolute atomic E-state index is 3.48. The largest absolute Gasteiger partial charge is 0.103 e. The standard InChI is InChI=1S/C4H8.Al/c1-3-4-2;/h3H,1,4H2,2H3;. The summed E-state index contributed by atoms with van der Waals surface area (Å²) in [6.45, 7) is 5.54. The van der Waals surface area contributed by atoms with Gasteiger partial charge in [0.05, 0.1) is 0 Å². The van der Waals surface area contributed by atoms with Crippen LogP contribution in [0.4, 0.5) is 0 Å². The molecule has 0 rings (SSSR count). The lowest BCUT2D eigenvalue weighted by atomic mass is 10.5. The summed E-state index contributed by atoms with van der Waals surface area (Å²) >= 11 is 0. The van der Waals surface area contributed by atoms with Gasteiger partial charge in [0.2, 0.25) is 0 Å². The van der Waals surface area contributed by atoms with Crippen LogP contribution < -0.4 is 0 Å². The molecule has 27 valence electrons. The molecule has 5 heavy (non-hydrogen) atoms. The number of hydrogen-bond acceptors (Lipinski definition) is 0. The van der Waals surface area contributed by atoms with Gasteiger partial charge in [-0.05, 0) is 6.42 Å². The average Bonchev–Trinajstić information content (AvgIpc) is 1.37. The van der Waals surface area contributed by atoms with Gasteiger partial charge in [-0.15, -0.1) is 6.58 Å². The normalized spacial score (nSPS) is 5.00. The summed E-state index contributed by atoms with van der Waals surface area (Å²) in [5, 5.41) is 0. The Morgan fingerprint density at radius 3 is 2.00 bits per heavy atom. The first-order valence-corrected chi connectivity index (χ1v) is 1.52. The van der Waals surface area contributed by atoms with E-state index in [0.29, 0.717) is 0 Å². The van der Waals surface area contributed by atoms with Crippen LogP contribution in [-0.2, 0) is 0 Å². The minimum absolute atomic E-state index is 0. The molecule has 0 fully saturated rings. The van der Waals surface area contributed by atoms with E-state index in [2.05, 4.69) is 13.5 Å². The molecule has 0 aliphatic carbocycles. The van der Waals surface area contributed by atoms with Crippen molar-refractivity contribution >= 4 is 17.4 Å². The molecule has 0 aliphatic heterocycles. The molecule has 1 heteroatoms.